The van der Waals surface area contributed by atoms with Gasteiger partial charge in [0.25, 0.3) is 0 Å². The van der Waals surface area contributed by atoms with Gasteiger partial charge in [-0.05, 0) is 30.3 Å². The summed E-state index contributed by atoms with van der Waals surface area (Å²) in [5.41, 5.74) is 0.814. The van der Waals surface area contributed by atoms with Gasteiger partial charge in [-0.25, -0.2) is 18.4 Å². The minimum absolute atomic E-state index is 0.0706. The molecule has 0 aliphatic carbocycles. The van der Waals surface area contributed by atoms with Crippen molar-refractivity contribution in [3.05, 3.63) is 91.1 Å². The van der Waals surface area contributed by atoms with Gasteiger partial charge >= 0.3 is 0 Å². The Hall–Kier alpha value is -3.16. The number of nitrogens with zero attached hydrogens (tertiary/aromatic N) is 2. The van der Waals surface area contributed by atoms with E-state index in [1.807, 2.05) is 54.6 Å². The van der Waals surface area contributed by atoms with Gasteiger partial charge in [0.1, 0.15) is 15.7 Å². The van der Waals surface area contributed by atoms with Gasteiger partial charge in [0.15, 0.2) is 5.82 Å². The third kappa shape index (κ3) is 4.22. The highest BCUT2D eigenvalue weighted by atomic mass is 32.2. The van der Waals surface area contributed by atoms with Crippen molar-refractivity contribution in [2.75, 3.05) is 7.11 Å². The summed E-state index contributed by atoms with van der Waals surface area (Å²) in [6.45, 7) is 0. The Bertz CT molecular complexity index is 1260. The number of aromatic nitrogens is 2. The van der Waals surface area contributed by atoms with Gasteiger partial charge < -0.3 is 4.74 Å². The van der Waals surface area contributed by atoms with Gasteiger partial charge in [-0.2, -0.15) is 0 Å². The number of sulfone groups is 1. The van der Waals surface area contributed by atoms with Crippen LogP contribution >= 0.6 is 11.8 Å². The molecule has 0 fully saturated rings. The summed E-state index contributed by atoms with van der Waals surface area (Å²) in [7, 11) is -2.19. The number of rotatable bonds is 6. The summed E-state index contributed by atoms with van der Waals surface area (Å²) in [6.07, 6.45) is 1.39. The van der Waals surface area contributed by atoms with Crippen LogP contribution in [-0.4, -0.2) is 25.5 Å². The van der Waals surface area contributed by atoms with E-state index >= 15 is 0 Å². The molecule has 0 bridgehead atoms. The van der Waals surface area contributed by atoms with Crippen molar-refractivity contribution in [2.24, 2.45) is 0 Å². The lowest BCUT2D eigenvalue weighted by Gasteiger charge is -2.11. The van der Waals surface area contributed by atoms with Crippen LogP contribution in [0.4, 0.5) is 0 Å². The summed E-state index contributed by atoms with van der Waals surface area (Å²) in [4.78, 5) is 10.1. The molecule has 4 aromatic rings. The molecule has 0 aliphatic heterocycles. The fraction of sp³-hybridized carbons (Fsp3) is 0.0435. The summed E-state index contributed by atoms with van der Waals surface area (Å²) in [5, 5.41) is 0.362. The molecule has 0 saturated heterocycles. The highest BCUT2D eigenvalue weighted by Crippen LogP contribution is 2.36. The topological polar surface area (TPSA) is 69.2 Å². The van der Waals surface area contributed by atoms with Crippen LogP contribution < -0.4 is 4.74 Å². The van der Waals surface area contributed by atoms with Crippen LogP contribution in [0.2, 0.25) is 0 Å². The standard InChI is InChI=1S/C23H18N2O3S2/c1-28-18-11-8-12-19(15-18)29-23-21(30(26,27)20-13-6-3-7-14-20)16-24-22(25-23)17-9-4-2-5-10-17/h2-16H,1H3. The van der Waals surface area contributed by atoms with E-state index in [1.54, 1.807) is 37.4 Å². The van der Waals surface area contributed by atoms with E-state index in [1.165, 1.54) is 18.0 Å². The summed E-state index contributed by atoms with van der Waals surface area (Å²) in [6, 6.07) is 25.2. The first-order chi connectivity index (χ1) is 14.6. The highest BCUT2D eigenvalue weighted by molar-refractivity contribution is 8.00. The van der Waals surface area contributed by atoms with Crippen molar-refractivity contribution in [2.45, 2.75) is 19.7 Å². The maximum absolute atomic E-state index is 13.3. The number of hydrogen-bond acceptors (Lipinski definition) is 6. The van der Waals surface area contributed by atoms with Gasteiger partial charge in [-0.15, -0.1) is 0 Å². The van der Waals surface area contributed by atoms with E-state index in [0.29, 0.717) is 16.6 Å². The normalized spacial score (nSPS) is 11.2. The number of ether oxygens (including phenoxy) is 1. The van der Waals surface area contributed by atoms with Crippen molar-refractivity contribution in [1.82, 2.24) is 9.97 Å². The first-order valence-corrected chi connectivity index (χ1v) is 11.4. The molecule has 0 N–H and O–H groups in total. The second kappa shape index (κ2) is 8.69. The Morgan fingerprint density at radius 1 is 0.867 bits per heavy atom. The van der Waals surface area contributed by atoms with Crippen molar-refractivity contribution in [1.29, 1.82) is 0 Å². The van der Waals surface area contributed by atoms with E-state index < -0.39 is 9.84 Å². The molecule has 0 radical (unpaired) electrons. The highest BCUT2D eigenvalue weighted by Gasteiger charge is 2.24. The molecule has 1 heterocycles. The molecule has 1 aromatic heterocycles. The molecule has 150 valence electrons. The van der Waals surface area contributed by atoms with Crippen LogP contribution in [0, 0.1) is 0 Å². The van der Waals surface area contributed by atoms with E-state index in [4.69, 9.17) is 4.74 Å². The van der Waals surface area contributed by atoms with Crippen molar-refractivity contribution in [3.8, 4) is 17.1 Å². The Labute approximate surface area is 179 Å². The fourth-order valence-corrected chi connectivity index (χ4v) is 5.36. The lowest BCUT2D eigenvalue weighted by molar-refractivity contribution is 0.413. The molecule has 0 unspecified atom stereocenters. The van der Waals surface area contributed by atoms with E-state index in [9.17, 15) is 8.42 Å². The van der Waals surface area contributed by atoms with Gasteiger partial charge in [-0.3, -0.25) is 0 Å². The molecule has 0 spiro atoms. The molecule has 0 amide bonds. The second-order valence-corrected chi connectivity index (χ2v) is 9.31. The lowest BCUT2D eigenvalue weighted by atomic mass is 10.2. The largest absolute Gasteiger partial charge is 0.497 e. The van der Waals surface area contributed by atoms with E-state index in [0.717, 1.165) is 10.5 Å². The zero-order valence-electron chi connectivity index (χ0n) is 16.1. The molecule has 0 saturated carbocycles. The van der Waals surface area contributed by atoms with Crippen LogP contribution in [0.15, 0.2) is 111 Å². The monoisotopic (exact) mass is 434 g/mol. The average Bonchev–Trinajstić information content (AvgIpc) is 2.80. The van der Waals surface area contributed by atoms with Crippen molar-refractivity contribution < 1.29 is 13.2 Å². The number of benzene rings is 3. The van der Waals surface area contributed by atoms with E-state index in [2.05, 4.69) is 9.97 Å². The van der Waals surface area contributed by atoms with Crippen molar-refractivity contribution >= 4 is 21.6 Å². The molecule has 3 aromatic carbocycles. The third-order valence-corrected chi connectivity index (χ3v) is 7.25. The predicted octanol–water partition coefficient (Wildman–Crippen LogP) is 5.14. The smallest absolute Gasteiger partial charge is 0.210 e. The molecular weight excluding hydrogens is 416 g/mol. The molecule has 30 heavy (non-hydrogen) atoms. The second-order valence-electron chi connectivity index (χ2n) is 6.33. The first-order valence-electron chi connectivity index (χ1n) is 9.12. The SMILES string of the molecule is COc1cccc(Sc2nc(-c3ccccc3)ncc2S(=O)(=O)c2ccccc2)c1. The van der Waals surface area contributed by atoms with Crippen molar-refractivity contribution in [3.63, 3.8) is 0 Å². The Kier molecular flexibility index (Phi) is 5.83. The molecule has 7 heteroatoms. The fourth-order valence-electron chi connectivity index (χ4n) is 2.84. The third-order valence-electron chi connectivity index (χ3n) is 4.35. The minimum Gasteiger partial charge on any atom is -0.497 e. The van der Waals surface area contributed by atoms with Crippen LogP contribution in [0.1, 0.15) is 0 Å². The Balaban J connectivity index is 1.85. The zero-order chi connectivity index (χ0) is 21.0. The summed E-state index contributed by atoms with van der Waals surface area (Å²) >= 11 is 1.26. The molecule has 4 rings (SSSR count). The van der Waals surface area contributed by atoms with Crippen LogP contribution in [0.5, 0.6) is 5.75 Å². The quantitative estimate of drug-likeness (QED) is 0.392. The predicted molar refractivity (Wildman–Crippen MR) is 116 cm³/mol. The van der Waals surface area contributed by atoms with E-state index in [-0.39, 0.29) is 9.79 Å². The molecular formula is C23H18N2O3S2. The van der Waals surface area contributed by atoms with Crippen LogP contribution in [0.3, 0.4) is 0 Å². The number of hydrogen-bond donors (Lipinski definition) is 0. The van der Waals surface area contributed by atoms with Gasteiger partial charge in [-0.1, -0.05) is 66.4 Å². The summed E-state index contributed by atoms with van der Waals surface area (Å²) < 4.78 is 31.9. The zero-order valence-corrected chi connectivity index (χ0v) is 17.7. The molecule has 0 aliphatic rings. The van der Waals surface area contributed by atoms with Crippen LogP contribution in [0.25, 0.3) is 11.4 Å². The maximum atomic E-state index is 13.3. The average molecular weight is 435 g/mol. The first kappa shape index (κ1) is 20.1. The Morgan fingerprint density at radius 3 is 2.27 bits per heavy atom. The molecule has 0 atom stereocenters. The number of methoxy groups -OCH3 is 1. The van der Waals surface area contributed by atoms with Gasteiger partial charge in [0.2, 0.25) is 9.84 Å². The molecule has 5 nitrogen and oxygen atoms in total. The Morgan fingerprint density at radius 2 is 1.57 bits per heavy atom. The van der Waals surface area contributed by atoms with Crippen LogP contribution in [-0.2, 0) is 9.84 Å². The van der Waals surface area contributed by atoms with Gasteiger partial charge in [0.05, 0.1) is 18.2 Å². The summed E-state index contributed by atoms with van der Waals surface area (Å²) in [5.74, 6) is 1.15. The minimum atomic E-state index is -3.78. The van der Waals surface area contributed by atoms with Gasteiger partial charge in [0, 0.05) is 10.5 Å². The maximum Gasteiger partial charge on any atom is 0.210 e. The lowest BCUT2D eigenvalue weighted by Crippen LogP contribution is -2.06.